The number of hydrogen-bond acceptors (Lipinski definition) is 3. The number of amides is 1. The topological polar surface area (TPSA) is 69.2 Å². The predicted octanol–water partition coefficient (Wildman–Crippen LogP) is 0.881. The van der Waals surface area contributed by atoms with E-state index in [0.717, 1.165) is 12.0 Å². The zero-order valence-corrected chi connectivity index (χ0v) is 11.9. The summed E-state index contributed by atoms with van der Waals surface area (Å²) in [4.78, 5) is 24.1. The molecule has 0 aliphatic heterocycles. The minimum Gasteiger partial charge on any atom is -0.550 e. The van der Waals surface area contributed by atoms with Gasteiger partial charge in [-0.1, -0.05) is 49.4 Å². The Morgan fingerprint density at radius 3 is 2.67 bits per heavy atom. The number of hydrogen-bond donors (Lipinski definition) is 1. The monoisotopic (exact) mass is 284 g/mol. The molecule has 4 atom stereocenters. The molecule has 2 aliphatic carbocycles. The van der Waals surface area contributed by atoms with Crippen LogP contribution in [0.2, 0.25) is 0 Å². The van der Waals surface area contributed by atoms with E-state index in [4.69, 9.17) is 0 Å². The highest BCUT2D eigenvalue weighted by Gasteiger charge is 2.56. The standard InChI is InChI=1S/C17H19NO3/c1-17(16(20)21)13-8-7-12(9-13)14(17)15(19)18-10-11-5-3-2-4-6-11/h2-8,12-14H,9-10H2,1H3,(H,18,19)(H,20,21)/p-1/t12-,13+,14+,17-/m0/s1. The van der Waals surface area contributed by atoms with E-state index in [1.807, 2.05) is 42.5 Å². The van der Waals surface area contributed by atoms with Gasteiger partial charge >= 0.3 is 0 Å². The maximum absolute atomic E-state index is 12.5. The third-order valence-corrected chi connectivity index (χ3v) is 4.99. The molecule has 1 N–H and O–H groups in total. The first kappa shape index (κ1) is 13.9. The Balaban J connectivity index is 1.75. The van der Waals surface area contributed by atoms with Crippen LogP contribution >= 0.6 is 0 Å². The molecule has 0 spiro atoms. The van der Waals surface area contributed by atoms with Crippen LogP contribution in [-0.2, 0) is 16.1 Å². The number of carboxylic acid groups (broad SMARTS) is 1. The van der Waals surface area contributed by atoms with Gasteiger partial charge in [0, 0.05) is 17.9 Å². The van der Waals surface area contributed by atoms with Crippen LogP contribution in [0.5, 0.6) is 0 Å². The summed E-state index contributed by atoms with van der Waals surface area (Å²) in [6.07, 6.45) is 4.62. The van der Waals surface area contributed by atoms with Gasteiger partial charge in [-0.15, -0.1) is 0 Å². The fourth-order valence-corrected chi connectivity index (χ4v) is 3.73. The van der Waals surface area contributed by atoms with E-state index < -0.39 is 17.3 Å². The Bertz CT molecular complexity index is 595. The molecule has 3 rings (SSSR count). The number of benzene rings is 1. The van der Waals surface area contributed by atoms with Gasteiger partial charge in [0.15, 0.2) is 0 Å². The first-order valence-corrected chi connectivity index (χ1v) is 7.25. The maximum atomic E-state index is 12.5. The first-order chi connectivity index (χ1) is 10.0. The van der Waals surface area contributed by atoms with Gasteiger partial charge in [-0.05, 0) is 23.8 Å². The lowest BCUT2D eigenvalue weighted by Gasteiger charge is -2.38. The molecular formula is C17H18NO3-. The molecule has 110 valence electrons. The summed E-state index contributed by atoms with van der Waals surface area (Å²) >= 11 is 0. The molecule has 4 nitrogen and oxygen atoms in total. The van der Waals surface area contributed by atoms with Crippen molar-refractivity contribution in [3.8, 4) is 0 Å². The molecule has 4 heteroatoms. The van der Waals surface area contributed by atoms with Gasteiger partial charge in [0.05, 0.1) is 5.92 Å². The van der Waals surface area contributed by atoms with Crippen molar-refractivity contribution in [1.82, 2.24) is 5.32 Å². The van der Waals surface area contributed by atoms with E-state index in [0.29, 0.717) is 6.54 Å². The van der Waals surface area contributed by atoms with Crippen molar-refractivity contribution in [2.75, 3.05) is 0 Å². The summed E-state index contributed by atoms with van der Waals surface area (Å²) in [6.45, 7) is 2.06. The summed E-state index contributed by atoms with van der Waals surface area (Å²) in [7, 11) is 0. The van der Waals surface area contributed by atoms with Crippen molar-refractivity contribution in [1.29, 1.82) is 0 Å². The number of aliphatic carboxylic acids is 1. The van der Waals surface area contributed by atoms with E-state index in [-0.39, 0.29) is 17.7 Å². The van der Waals surface area contributed by atoms with Crippen LogP contribution in [0.1, 0.15) is 18.9 Å². The zero-order valence-electron chi connectivity index (χ0n) is 11.9. The second-order valence-electron chi connectivity index (χ2n) is 6.14. The normalized spacial score (nSPS) is 33.1. The van der Waals surface area contributed by atoms with Crippen molar-refractivity contribution in [2.24, 2.45) is 23.2 Å². The molecule has 0 radical (unpaired) electrons. The molecule has 1 amide bonds. The molecule has 1 aromatic rings. The predicted molar refractivity (Wildman–Crippen MR) is 75.6 cm³/mol. The highest BCUT2D eigenvalue weighted by atomic mass is 16.4. The van der Waals surface area contributed by atoms with Gasteiger partial charge in [0.2, 0.25) is 5.91 Å². The second kappa shape index (κ2) is 5.02. The van der Waals surface area contributed by atoms with Gasteiger partial charge in [0.25, 0.3) is 0 Å². The van der Waals surface area contributed by atoms with Gasteiger partial charge in [-0.3, -0.25) is 4.79 Å². The Labute approximate surface area is 123 Å². The smallest absolute Gasteiger partial charge is 0.224 e. The summed E-state index contributed by atoms with van der Waals surface area (Å²) in [5.41, 5.74) is -0.0973. The Morgan fingerprint density at radius 2 is 2.00 bits per heavy atom. The maximum Gasteiger partial charge on any atom is 0.224 e. The number of carbonyl (C=O) groups is 2. The largest absolute Gasteiger partial charge is 0.550 e. The number of carbonyl (C=O) groups excluding carboxylic acids is 2. The first-order valence-electron chi connectivity index (χ1n) is 7.25. The van der Waals surface area contributed by atoms with Crippen molar-refractivity contribution in [2.45, 2.75) is 19.9 Å². The van der Waals surface area contributed by atoms with Crippen LogP contribution in [0, 0.1) is 23.2 Å². The number of fused-ring (bicyclic) bond motifs is 2. The quantitative estimate of drug-likeness (QED) is 0.835. The fourth-order valence-electron chi connectivity index (χ4n) is 3.73. The molecular weight excluding hydrogens is 266 g/mol. The lowest BCUT2D eigenvalue weighted by atomic mass is 9.69. The van der Waals surface area contributed by atoms with Gasteiger partial charge < -0.3 is 15.2 Å². The summed E-state index contributed by atoms with van der Waals surface area (Å²) < 4.78 is 0. The zero-order chi connectivity index (χ0) is 15.0. The van der Waals surface area contributed by atoms with E-state index in [9.17, 15) is 14.7 Å². The number of rotatable bonds is 4. The SMILES string of the molecule is C[C@]1(C(=O)[O-])[C@@H]2C=C[C@@H](C2)[C@@H]1C(=O)NCc1ccccc1. The molecule has 2 bridgehead atoms. The van der Waals surface area contributed by atoms with Gasteiger partial charge in [-0.2, -0.15) is 0 Å². The van der Waals surface area contributed by atoms with E-state index in [1.165, 1.54) is 0 Å². The molecule has 0 aromatic heterocycles. The summed E-state index contributed by atoms with van der Waals surface area (Å²) in [5.74, 6) is -1.95. The minimum absolute atomic E-state index is 0.00803. The number of nitrogens with one attached hydrogen (secondary N) is 1. The van der Waals surface area contributed by atoms with E-state index >= 15 is 0 Å². The number of allylic oxidation sites excluding steroid dienone is 2. The van der Waals surface area contributed by atoms with Crippen LogP contribution in [0.4, 0.5) is 0 Å². The van der Waals surface area contributed by atoms with Crippen LogP contribution in [0.15, 0.2) is 42.5 Å². The number of carboxylic acids is 1. The summed E-state index contributed by atoms with van der Waals surface area (Å²) in [6, 6.07) is 9.59. The Morgan fingerprint density at radius 1 is 1.29 bits per heavy atom. The van der Waals surface area contributed by atoms with Gasteiger partial charge in [0.1, 0.15) is 0 Å². The molecule has 0 saturated heterocycles. The van der Waals surface area contributed by atoms with Crippen LogP contribution in [0.25, 0.3) is 0 Å². The Kier molecular flexibility index (Phi) is 3.32. The third kappa shape index (κ3) is 2.15. The second-order valence-corrected chi connectivity index (χ2v) is 6.14. The molecule has 0 heterocycles. The van der Waals surface area contributed by atoms with Crippen LogP contribution in [-0.4, -0.2) is 11.9 Å². The van der Waals surface area contributed by atoms with Crippen LogP contribution < -0.4 is 10.4 Å². The van der Waals surface area contributed by atoms with E-state index in [1.54, 1.807) is 6.92 Å². The minimum atomic E-state index is -1.13. The Hall–Kier alpha value is -2.10. The van der Waals surface area contributed by atoms with Gasteiger partial charge in [-0.25, -0.2) is 0 Å². The van der Waals surface area contributed by atoms with Crippen molar-refractivity contribution in [3.63, 3.8) is 0 Å². The van der Waals surface area contributed by atoms with Crippen molar-refractivity contribution < 1.29 is 14.7 Å². The third-order valence-electron chi connectivity index (χ3n) is 4.99. The summed E-state index contributed by atoms with van der Waals surface area (Å²) in [5, 5.41) is 14.4. The molecule has 1 aromatic carbocycles. The fraction of sp³-hybridized carbons (Fsp3) is 0.412. The highest BCUT2D eigenvalue weighted by Crippen LogP contribution is 2.55. The average Bonchev–Trinajstić information content (AvgIpc) is 3.05. The molecule has 0 unspecified atom stereocenters. The molecule has 2 aliphatic rings. The van der Waals surface area contributed by atoms with Crippen molar-refractivity contribution >= 4 is 11.9 Å². The van der Waals surface area contributed by atoms with E-state index in [2.05, 4.69) is 5.32 Å². The molecule has 1 saturated carbocycles. The lowest BCUT2D eigenvalue weighted by Crippen LogP contribution is -2.52. The average molecular weight is 284 g/mol. The van der Waals surface area contributed by atoms with Crippen molar-refractivity contribution in [3.05, 3.63) is 48.0 Å². The molecule has 1 fully saturated rings. The molecule has 21 heavy (non-hydrogen) atoms. The van der Waals surface area contributed by atoms with Crippen LogP contribution in [0.3, 0.4) is 0 Å². The highest BCUT2D eigenvalue weighted by molar-refractivity contribution is 5.88. The lowest BCUT2D eigenvalue weighted by molar-refractivity contribution is -0.321.